The van der Waals surface area contributed by atoms with Crippen molar-refractivity contribution in [2.24, 2.45) is 0 Å². The molecule has 1 spiro atoms. The van der Waals surface area contributed by atoms with Gasteiger partial charge in [-0.2, -0.15) is 0 Å². The van der Waals surface area contributed by atoms with Gasteiger partial charge in [0.2, 0.25) is 0 Å². The van der Waals surface area contributed by atoms with Crippen LogP contribution >= 0.6 is 0 Å². The van der Waals surface area contributed by atoms with E-state index in [1.54, 1.807) is 36.2 Å². The van der Waals surface area contributed by atoms with Crippen LogP contribution in [0.25, 0.3) is 11.1 Å². The molecule has 1 unspecified atom stereocenters. The summed E-state index contributed by atoms with van der Waals surface area (Å²) in [7, 11) is 1.68. The maximum absolute atomic E-state index is 13.4. The number of benzene rings is 2. The third kappa shape index (κ3) is 3.09. The number of rotatable bonds is 2. The summed E-state index contributed by atoms with van der Waals surface area (Å²) >= 11 is 0. The number of amides is 2. The van der Waals surface area contributed by atoms with E-state index < -0.39 is 11.4 Å². The van der Waals surface area contributed by atoms with Crippen LogP contribution in [0.5, 0.6) is 5.75 Å². The molecular weight excluding hydrogens is 351 g/mol. The summed E-state index contributed by atoms with van der Waals surface area (Å²) in [6.45, 7) is 1.37. The topological polar surface area (TPSA) is 70.1 Å². The molecule has 1 N–H and O–H groups in total. The second kappa shape index (κ2) is 6.26. The fraction of sp³-hybridized carbons (Fsp3) is 0.300. The van der Waals surface area contributed by atoms with E-state index in [0.717, 1.165) is 0 Å². The molecule has 0 radical (unpaired) electrons. The number of phenols is 1. The molecule has 2 fully saturated rings. The van der Waals surface area contributed by atoms with Crippen LogP contribution in [0.15, 0.2) is 42.5 Å². The summed E-state index contributed by atoms with van der Waals surface area (Å²) < 4.78 is 18.9. The van der Waals surface area contributed by atoms with E-state index in [1.165, 1.54) is 23.1 Å². The van der Waals surface area contributed by atoms with Crippen molar-refractivity contribution >= 4 is 12.0 Å². The van der Waals surface area contributed by atoms with Crippen molar-refractivity contribution in [2.75, 3.05) is 26.7 Å². The first kappa shape index (κ1) is 17.3. The average molecular weight is 370 g/mol. The zero-order valence-corrected chi connectivity index (χ0v) is 14.8. The molecule has 0 bridgehead atoms. The Morgan fingerprint density at radius 2 is 1.93 bits per heavy atom. The van der Waals surface area contributed by atoms with Crippen molar-refractivity contribution in [2.45, 2.75) is 12.0 Å². The molecule has 2 aliphatic rings. The zero-order valence-electron chi connectivity index (χ0n) is 14.8. The number of carbonyl (C=O) groups excluding carboxylic acids is 2. The van der Waals surface area contributed by atoms with Crippen molar-refractivity contribution in [3.8, 4) is 16.9 Å². The first-order chi connectivity index (χ1) is 12.9. The number of hydrogen-bond acceptors (Lipinski definition) is 4. The average Bonchev–Trinajstić information content (AvgIpc) is 3.19. The van der Waals surface area contributed by atoms with Crippen LogP contribution in [0, 0.1) is 5.82 Å². The molecule has 27 heavy (non-hydrogen) atoms. The number of hydrogen-bond donors (Lipinski definition) is 1. The highest BCUT2D eigenvalue weighted by Crippen LogP contribution is 2.33. The molecule has 2 aliphatic heterocycles. The molecule has 2 saturated heterocycles. The molecule has 2 aromatic rings. The lowest BCUT2D eigenvalue weighted by atomic mass is 10.0. The maximum atomic E-state index is 13.4. The van der Waals surface area contributed by atoms with Crippen molar-refractivity contribution in [3.05, 3.63) is 53.8 Å². The van der Waals surface area contributed by atoms with Crippen LogP contribution in [-0.4, -0.2) is 59.2 Å². The van der Waals surface area contributed by atoms with Crippen molar-refractivity contribution in [1.29, 1.82) is 0 Å². The minimum absolute atomic E-state index is 0.0240. The number of nitrogens with zero attached hydrogens (tertiary/aromatic N) is 2. The van der Waals surface area contributed by atoms with Crippen LogP contribution in [0.3, 0.4) is 0 Å². The molecule has 2 heterocycles. The monoisotopic (exact) mass is 370 g/mol. The molecule has 0 saturated carbocycles. The third-order valence-corrected chi connectivity index (χ3v) is 5.15. The van der Waals surface area contributed by atoms with E-state index in [9.17, 15) is 19.1 Å². The van der Waals surface area contributed by atoms with Crippen LogP contribution in [-0.2, 0) is 4.74 Å². The van der Waals surface area contributed by atoms with Crippen molar-refractivity contribution in [3.63, 3.8) is 0 Å². The molecular formula is C20H19FN2O4. The Balaban J connectivity index is 1.50. The van der Waals surface area contributed by atoms with Crippen molar-refractivity contribution in [1.82, 2.24) is 9.80 Å². The Morgan fingerprint density at radius 1 is 1.19 bits per heavy atom. The lowest BCUT2D eigenvalue weighted by Crippen LogP contribution is -2.39. The molecule has 0 aromatic heterocycles. The Hall–Kier alpha value is -3.09. The normalized spacial score (nSPS) is 21.8. The fourth-order valence-corrected chi connectivity index (χ4v) is 3.74. The summed E-state index contributed by atoms with van der Waals surface area (Å²) in [5.74, 6) is -0.613. The van der Waals surface area contributed by atoms with Gasteiger partial charge in [-0.25, -0.2) is 9.18 Å². The Labute approximate surface area is 155 Å². The minimum Gasteiger partial charge on any atom is -0.507 e. The summed E-state index contributed by atoms with van der Waals surface area (Å²) in [6.07, 6.45) is 0.257. The van der Waals surface area contributed by atoms with Gasteiger partial charge in [-0.15, -0.1) is 0 Å². The summed E-state index contributed by atoms with van der Waals surface area (Å²) in [5.41, 5.74) is 0.863. The van der Waals surface area contributed by atoms with Gasteiger partial charge in [0.25, 0.3) is 5.91 Å². The number of ether oxygens (including phenoxy) is 1. The SMILES string of the molecule is CN1CC2(CCN(C(=O)c3ccc(-c4cc(F)ccc4O)cc3)C2)OC1=O. The van der Waals surface area contributed by atoms with E-state index >= 15 is 0 Å². The number of likely N-dealkylation sites (N-methyl/N-ethyl adjacent to an activating group) is 1. The smallest absolute Gasteiger partial charge is 0.410 e. The van der Waals surface area contributed by atoms with Crippen LogP contribution in [0.4, 0.5) is 9.18 Å². The van der Waals surface area contributed by atoms with Crippen LogP contribution in [0.1, 0.15) is 16.8 Å². The van der Waals surface area contributed by atoms with Crippen molar-refractivity contribution < 1.29 is 23.8 Å². The maximum Gasteiger partial charge on any atom is 0.410 e. The van der Waals surface area contributed by atoms with E-state index in [4.69, 9.17) is 4.74 Å². The number of carbonyl (C=O) groups is 2. The van der Waals surface area contributed by atoms with Gasteiger partial charge in [0, 0.05) is 31.1 Å². The quantitative estimate of drug-likeness (QED) is 0.883. The molecule has 6 nitrogen and oxygen atoms in total. The summed E-state index contributed by atoms with van der Waals surface area (Å²) in [6, 6.07) is 10.4. The van der Waals surface area contributed by atoms with E-state index in [-0.39, 0.29) is 17.7 Å². The van der Waals surface area contributed by atoms with Gasteiger partial charge >= 0.3 is 6.09 Å². The standard InChI is InChI=1S/C20H19FN2O4/c1-22-11-20(27-19(22)26)8-9-23(12-20)18(25)14-4-2-13(3-5-14)16-10-15(21)6-7-17(16)24/h2-7,10,24H,8-9,11-12H2,1H3. The highest BCUT2D eigenvalue weighted by atomic mass is 19.1. The van der Waals surface area contributed by atoms with E-state index in [0.29, 0.717) is 42.7 Å². The molecule has 2 aromatic carbocycles. The summed E-state index contributed by atoms with van der Waals surface area (Å²) in [5, 5.41) is 9.91. The first-order valence-corrected chi connectivity index (χ1v) is 8.69. The second-order valence-corrected chi connectivity index (χ2v) is 7.12. The van der Waals surface area contributed by atoms with Gasteiger partial charge in [-0.1, -0.05) is 12.1 Å². The Morgan fingerprint density at radius 3 is 2.59 bits per heavy atom. The van der Waals surface area contributed by atoms with Crippen LogP contribution < -0.4 is 0 Å². The van der Waals surface area contributed by atoms with E-state index in [2.05, 4.69) is 0 Å². The van der Waals surface area contributed by atoms with Gasteiger partial charge in [0.1, 0.15) is 11.6 Å². The molecule has 7 heteroatoms. The minimum atomic E-state index is -0.616. The Bertz CT molecular complexity index is 915. The molecule has 140 valence electrons. The number of halogens is 1. The lowest BCUT2D eigenvalue weighted by molar-refractivity contribution is 0.0553. The van der Waals surface area contributed by atoms with Gasteiger partial charge in [-0.05, 0) is 35.9 Å². The predicted molar refractivity (Wildman–Crippen MR) is 95.9 cm³/mol. The second-order valence-electron chi connectivity index (χ2n) is 7.12. The number of phenolic OH excluding ortho intramolecular Hbond substituents is 1. The van der Waals surface area contributed by atoms with Gasteiger partial charge < -0.3 is 19.6 Å². The first-order valence-electron chi connectivity index (χ1n) is 8.69. The lowest BCUT2D eigenvalue weighted by Gasteiger charge is -2.22. The summed E-state index contributed by atoms with van der Waals surface area (Å²) in [4.78, 5) is 27.6. The number of likely N-dealkylation sites (tertiary alicyclic amines) is 1. The predicted octanol–water partition coefficient (Wildman–Crippen LogP) is 2.87. The highest BCUT2D eigenvalue weighted by molar-refractivity contribution is 5.95. The molecule has 0 aliphatic carbocycles. The van der Waals surface area contributed by atoms with E-state index in [1.807, 2.05) is 0 Å². The largest absolute Gasteiger partial charge is 0.507 e. The van der Waals surface area contributed by atoms with Gasteiger partial charge in [0.05, 0.1) is 13.1 Å². The number of aromatic hydroxyl groups is 1. The zero-order chi connectivity index (χ0) is 19.2. The molecule has 4 rings (SSSR count). The fourth-order valence-electron chi connectivity index (χ4n) is 3.74. The van der Waals surface area contributed by atoms with Crippen LogP contribution in [0.2, 0.25) is 0 Å². The Kier molecular flexibility index (Phi) is 4.02. The molecule has 2 amide bonds. The van der Waals surface area contributed by atoms with Gasteiger partial charge in [0.15, 0.2) is 5.60 Å². The third-order valence-electron chi connectivity index (χ3n) is 5.15. The molecule has 1 atom stereocenters. The highest BCUT2D eigenvalue weighted by Gasteiger charge is 2.49. The van der Waals surface area contributed by atoms with Gasteiger partial charge in [-0.3, -0.25) is 4.79 Å².